The van der Waals surface area contributed by atoms with E-state index in [-0.39, 0.29) is 24.7 Å². The molecule has 0 saturated carbocycles. The zero-order valence-corrected chi connectivity index (χ0v) is 13.8. The fourth-order valence-corrected chi connectivity index (χ4v) is 2.36. The van der Waals surface area contributed by atoms with Crippen LogP contribution in [-0.4, -0.2) is 33.3 Å². The number of aliphatic hydroxyl groups excluding tert-OH is 1. The van der Waals surface area contributed by atoms with Crippen molar-refractivity contribution in [1.82, 2.24) is 20.2 Å². The molecule has 2 aromatic rings. The summed E-state index contributed by atoms with van der Waals surface area (Å²) in [6.07, 6.45) is 4.37. The number of amides is 2. The number of hydrogen-bond donors (Lipinski definition) is 3. The molecule has 1 heterocycles. The molecule has 3 N–H and O–H groups in total. The fourth-order valence-electron chi connectivity index (χ4n) is 2.36. The van der Waals surface area contributed by atoms with Gasteiger partial charge in [0.2, 0.25) is 0 Å². The van der Waals surface area contributed by atoms with E-state index >= 15 is 0 Å². The Morgan fingerprint density at radius 2 is 2.00 bits per heavy atom. The summed E-state index contributed by atoms with van der Waals surface area (Å²) in [5.41, 5.74) is 2.05. The fraction of sp³-hybridized carbons (Fsp3) is 0.412. The van der Waals surface area contributed by atoms with Crippen molar-refractivity contribution in [3.63, 3.8) is 0 Å². The third kappa shape index (κ3) is 4.32. The largest absolute Gasteiger partial charge is 0.394 e. The highest BCUT2D eigenvalue weighted by molar-refractivity contribution is 5.74. The van der Waals surface area contributed by atoms with Gasteiger partial charge in [-0.15, -0.1) is 0 Å². The first-order chi connectivity index (χ1) is 11.0. The average molecular weight is 316 g/mol. The summed E-state index contributed by atoms with van der Waals surface area (Å²) < 4.78 is 2.00. The molecule has 0 aliphatic rings. The second kappa shape index (κ2) is 7.78. The summed E-state index contributed by atoms with van der Waals surface area (Å²) in [5, 5.41) is 14.7. The Kier molecular flexibility index (Phi) is 5.76. The highest BCUT2D eigenvalue weighted by atomic mass is 16.3. The van der Waals surface area contributed by atoms with Gasteiger partial charge in [-0.05, 0) is 38.0 Å². The molecule has 124 valence electrons. The Bertz CT molecular complexity index is 632. The molecule has 2 unspecified atom stereocenters. The van der Waals surface area contributed by atoms with Crippen LogP contribution in [-0.2, 0) is 0 Å². The van der Waals surface area contributed by atoms with E-state index in [4.69, 9.17) is 5.11 Å². The lowest BCUT2D eigenvalue weighted by Crippen LogP contribution is -2.44. The van der Waals surface area contributed by atoms with Crippen LogP contribution in [0.2, 0.25) is 0 Å². The molecule has 0 radical (unpaired) electrons. The van der Waals surface area contributed by atoms with E-state index in [9.17, 15) is 4.79 Å². The summed E-state index contributed by atoms with van der Waals surface area (Å²) in [6.45, 7) is 5.74. The number of nitrogens with one attached hydrogen (secondary N) is 2. The molecule has 2 atom stereocenters. The van der Waals surface area contributed by atoms with Gasteiger partial charge < -0.3 is 20.3 Å². The lowest BCUT2D eigenvalue weighted by molar-refractivity contribution is 0.212. The quantitative estimate of drug-likeness (QED) is 0.765. The minimum absolute atomic E-state index is 0.0583. The molecule has 1 aromatic heterocycles. The maximum absolute atomic E-state index is 11.9. The third-order valence-electron chi connectivity index (χ3n) is 3.89. The maximum atomic E-state index is 11.9. The number of nitrogens with zero attached hydrogens (tertiary/aromatic N) is 2. The van der Waals surface area contributed by atoms with Gasteiger partial charge in [0.05, 0.1) is 18.7 Å². The van der Waals surface area contributed by atoms with E-state index in [0.717, 1.165) is 17.1 Å². The minimum Gasteiger partial charge on any atom is -0.394 e. The molecule has 2 amide bonds. The van der Waals surface area contributed by atoms with Crippen molar-refractivity contribution in [1.29, 1.82) is 0 Å². The van der Waals surface area contributed by atoms with Crippen LogP contribution in [0.4, 0.5) is 4.79 Å². The van der Waals surface area contributed by atoms with Crippen molar-refractivity contribution in [2.45, 2.75) is 39.3 Å². The highest BCUT2D eigenvalue weighted by Gasteiger charge is 2.13. The molecule has 0 bridgehead atoms. The second-order valence-corrected chi connectivity index (χ2v) is 5.56. The van der Waals surface area contributed by atoms with Gasteiger partial charge in [0.15, 0.2) is 0 Å². The third-order valence-corrected chi connectivity index (χ3v) is 3.89. The molecule has 0 aliphatic carbocycles. The first-order valence-corrected chi connectivity index (χ1v) is 7.83. The SMILES string of the molecule is CCC(CO)NC(=O)NC(C)c1ccc(-n2ccnc2C)cc1. The van der Waals surface area contributed by atoms with E-state index in [2.05, 4.69) is 15.6 Å². The Labute approximate surface area is 136 Å². The Hall–Kier alpha value is -2.34. The lowest BCUT2D eigenvalue weighted by atomic mass is 10.1. The number of hydrogen-bond acceptors (Lipinski definition) is 3. The van der Waals surface area contributed by atoms with Crippen LogP contribution >= 0.6 is 0 Å². The van der Waals surface area contributed by atoms with Crippen LogP contribution in [0.5, 0.6) is 0 Å². The summed E-state index contributed by atoms with van der Waals surface area (Å²) >= 11 is 0. The van der Waals surface area contributed by atoms with Crippen molar-refractivity contribution in [2.24, 2.45) is 0 Å². The summed E-state index contributed by atoms with van der Waals surface area (Å²) in [6, 6.07) is 7.38. The van der Waals surface area contributed by atoms with Gasteiger partial charge >= 0.3 is 6.03 Å². The summed E-state index contributed by atoms with van der Waals surface area (Å²) in [4.78, 5) is 16.1. The molecular weight excluding hydrogens is 292 g/mol. The Morgan fingerprint density at radius 3 is 2.52 bits per heavy atom. The van der Waals surface area contributed by atoms with Crippen LogP contribution < -0.4 is 10.6 Å². The van der Waals surface area contributed by atoms with Crippen LogP contribution in [0.1, 0.15) is 37.7 Å². The van der Waals surface area contributed by atoms with Gasteiger partial charge in [-0.2, -0.15) is 0 Å². The molecule has 0 aliphatic heterocycles. The highest BCUT2D eigenvalue weighted by Crippen LogP contribution is 2.16. The Balaban J connectivity index is 1.99. The van der Waals surface area contributed by atoms with Gasteiger partial charge in [0.25, 0.3) is 0 Å². The molecule has 2 rings (SSSR count). The molecular formula is C17H24N4O2. The van der Waals surface area contributed by atoms with E-state index in [1.807, 2.05) is 55.8 Å². The van der Waals surface area contributed by atoms with Crippen molar-refractivity contribution >= 4 is 6.03 Å². The standard InChI is InChI=1S/C17H24N4O2/c1-4-15(11-22)20-17(23)19-12(2)14-5-7-16(8-6-14)21-10-9-18-13(21)3/h5-10,12,15,22H,4,11H2,1-3H3,(H2,19,20,23). The number of benzene rings is 1. The maximum Gasteiger partial charge on any atom is 0.315 e. The predicted molar refractivity (Wildman–Crippen MR) is 89.5 cm³/mol. The van der Waals surface area contributed by atoms with Gasteiger partial charge in [0.1, 0.15) is 5.82 Å². The molecule has 0 spiro atoms. The Morgan fingerprint density at radius 1 is 1.30 bits per heavy atom. The van der Waals surface area contributed by atoms with Crippen molar-refractivity contribution in [3.05, 3.63) is 48.0 Å². The number of imidazole rings is 1. The summed E-state index contributed by atoms with van der Waals surface area (Å²) in [7, 11) is 0. The lowest BCUT2D eigenvalue weighted by Gasteiger charge is -2.19. The van der Waals surface area contributed by atoms with Crippen LogP contribution in [0.25, 0.3) is 5.69 Å². The first-order valence-electron chi connectivity index (χ1n) is 7.83. The topological polar surface area (TPSA) is 79.2 Å². The average Bonchev–Trinajstić information content (AvgIpc) is 2.98. The predicted octanol–water partition coefficient (Wildman–Crippen LogP) is 2.31. The summed E-state index contributed by atoms with van der Waals surface area (Å²) in [5.74, 6) is 0.929. The number of rotatable bonds is 6. The number of carbonyl (C=O) groups excluding carboxylic acids is 1. The van der Waals surface area contributed by atoms with Crippen molar-refractivity contribution in [3.8, 4) is 5.69 Å². The zero-order valence-electron chi connectivity index (χ0n) is 13.8. The van der Waals surface area contributed by atoms with Gasteiger partial charge in [-0.1, -0.05) is 19.1 Å². The molecule has 23 heavy (non-hydrogen) atoms. The molecule has 0 fully saturated rings. The number of aliphatic hydroxyl groups is 1. The molecule has 1 aromatic carbocycles. The number of urea groups is 1. The van der Waals surface area contributed by atoms with E-state index in [0.29, 0.717) is 6.42 Å². The molecule has 0 saturated heterocycles. The minimum atomic E-state index is -0.270. The number of aromatic nitrogens is 2. The number of aryl methyl sites for hydroxylation is 1. The van der Waals surface area contributed by atoms with Gasteiger partial charge in [-0.25, -0.2) is 9.78 Å². The van der Waals surface area contributed by atoms with E-state index < -0.39 is 0 Å². The second-order valence-electron chi connectivity index (χ2n) is 5.56. The van der Waals surface area contributed by atoms with Crippen LogP contribution in [0.3, 0.4) is 0 Å². The van der Waals surface area contributed by atoms with Gasteiger partial charge in [0, 0.05) is 18.1 Å². The van der Waals surface area contributed by atoms with E-state index in [1.54, 1.807) is 6.20 Å². The normalized spacial score (nSPS) is 13.4. The monoisotopic (exact) mass is 316 g/mol. The van der Waals surface area contributed by atoms with E-state index in [1.165, 1.54) is 0 Å². The van der Waals surface area contributed by atoms with Crippen molar-refractivity contribution < 1.29 is 9.90 Å². The molecule has 6 nitrogen and oxygen atoms in total. The van der Waals surface area contributed by atoms with Crippen molar-refractivity contribution in [2.75, 3.05) is 6.61 Å². The van der Waals surface area contributed by atoms with Crippen LogP contribution in [0, 0.1) is 6.92 Å². The van der Waals surface area contributed by atoms with Gasteiger partial charge in [-0.3, -0.25) is 0 Å². The van der Waals surface area contributed by atoms with Crippen LogP contribution in [0.15, 0.2) is 36.7 Å². The molecule has 6 heteroatoms. The first kappa shape index (κ1) is 17.0. The smallest absolute Gasteiger partial charge is 0.315 e. The zero-order chi connectivity index (χ0) is 16.8. The number of carbonyl (C=O) groups is 1.